The molecule has 2 aromatic carbocycles. The molecule has 0 aromatic heterocycles. The fourth-order valence-corrected chi connectivity index (χ4v) is 4.81. The van der Waals surface area contributed by atoms with Crippen LogP contribution in [-0.2, 0) is 26.2 Å². The van der Waals surface area contributed by atoms with Crippen LogP contribution in [-0.4, -0.2) is 50.0 Å². The van der Waals surface area contributed by atoms with E-state index in [1.54, 1.807) is 19.9 Å². The van der Waals surface area contributed by atoms with Gasteiger partial charge in [0.05, 0.1) is 11.9 Å². The summed E-state index contributed by atoms with van der Waals surface area (Å²) < 4.78 is 27.4. The van der Waals surface area contributed by atoms with Gasteiger partial charge in [-0.25, -0.2) is 8.42 Å². The van der Waals surface area contributed by atoms with Crippen LogP contribution in [0.4, 0.5) is 5.69 Å². The summed E-state index contributed by atoms with van der Waals surface area (Å²) in [5.41, 5.74) is 2.90. The zero-order chi connectivity index (χ0) is 25.6. The second kappa shape index (κ2) is 11.8. The number of halogens is 1. The van der Waals surface area contributed by atoms with Gasteiger partial charge in [-0.15, -0.1) is 0 Å². The molecule has 2 rings (SSSR count). The summed E-state index contributed by atoms with van der Waals surface area (Å²) in [6.07, 6.45) is 1.84. The lowest BCUT2D eigenvalue weighted by Crippen LogP contribution is -2.52. The molecule has 0 saturated carbocycles. The monoisotopic (exact) mass is 551 g/mol. The van der Waals surface area contributed by atoms with Crippen molar-refractivity contribution in [2.45, 2.75) is 59.7 Å². The predicted molar refractivity (Wildman–Crippen MR) is 140 cm³/mol. The average molecular weight is 553 g/mol. The fraction of sp³-hybridized carbons (Fsp3) is 0.440. The van der Waals surface area contributed by atoms with Crippen LogP contribution < -0.4 is 9.62 Å². The molecule has 0 aliphatic rings. The van der Waals surface area contributed by atoms with Crippen molar-refractivity contribution in [1.29, 1.82) is 0 Å². The second-order valence-corrected chi connectivity index (χ2v) is 11.5. The Hall–Kier alpha value is -2.39. The number of hydrogen-bond acceptors (Lipinski definition) is 4. The Morgan fingerprint density at radius 1 is 1.09 bits per heavy atom. The molecule has 0 unspecified atom stereocenters. The number of benzene rings is 2. The quantitative estimate of drug-likeness (QED) is 0.480. The lowest BCUT2D eigenvalue weighted by molar-refractivity contribution is -0.139. The van der Waals surface area contributed by atoms with Crippen LogP contribution in [0, 0.1) is 13.8 Å². The van der Waals surface area contributed by atoms with Gasteiger partial charge in [-0.05, 0) is 69.0 Å². The first-order chi connectivity index (χ1) is 15.8. The molecule has 0 aliphatic heterocycles. The highest BCUT2D eigenvalue weighted by atomic mass is 79.9. The Morgan fingerprint density at radius 2 is 1.76 bits per heavy atom. The van der Waals surface area contributed by atoms with E-state index in [0.29, 0.717) is 5.69 Å². The summed E-state index contributed by atoms with van der Waals surface area (Å²) in [4.78, 5) is 27.9. The average Bonchev–Trinajstić information content (AvgIpc) is 2.76. The predicted octanol–water partition coefficient (Wildman–Crippen LogP) is 4.16. The highest BCUT2D eigenvalue weighted by molar-refractivity contribution is 9.10. The Balaban J connectivity index is 2.43. The van der Waals surface area contributed by atoms with Crippen molar-refractivity contribution in [1.82, 2.24) is 10.2 Å². The molecule has 186 valence electrons. The summed E-state index contributed by atoms with van der Waals surface area (Å²) in [5.74, 6) is -0.742. The first-order valence-electron chi connectivity index (χ1n) is 11.2. The molecule has 0 aliphatic carbocycles. The Morgan fingerprint density at radius 3 is 2.35 bits per heavy atom. The lowest BCUT2D eigenvalue weighted by atomic mass is 10.1. The van der Waals surface area contributed by atoms with Gasteiger partial charge in [0.15, 0.2) is 0 Å². The van der Waals surface area contributed by atoms with Gasteiger partial charge in [0, 0.05) is 17.1 Å². The highest BCUT2D eigenvalue weighted by Crippen LogP contribution is 2.25. The molecule has 0 radical (unpaired) electrons. The van der Waals surface area contributed by atoms with Crippen LogP contribution in [0.2, 0.25) is 0 Å². The van der Waals surface area contributed by atoms with Gasteiger partial charge in [0.1, 0.15) is 12.6 Å². The molecular weight excluding hydrogens is 518 g/mol. The highest BCUT2D eigenvalue weighted by Gasteiger charge is 2.31. The van der Waals surface area contributed by atoms with E-state index in [1.165, 1.54) is 4.90 Å². The molecule has 0 fully saturated rings. The minimum atomic E-state index is -3.76. The number of anilines is 1. The second-order valence-electron chi connectivity index (χ2n) is 8.70. The van der Waals surface area contributed by atoms with Crippen molar-refractivity contribution in [2.24, 2.45) is 0 Å². The van der Waals surface area contributed by atoms with Gasteiger partial charge in [0.2, 0.25) is 21.8 Å². The number of carbonyl (C=O) groups excluding carboxylic acids is 2. The third-order valence-corrected chi connectivity index (χ3v) is 7.34. The molecule has 2 atom stereocenters. The molecule has 2 amide bonds. The van der Waals surface area contributed by atoms with E-state index < -0.39 is 28.5 Å². The SMILES string of the molecule is CC[C@@H](C)NC(=O)[C@@H](C)N(Cc1cccc(Br)c1)C(=O)CN(c1cc(C)ccc1C)S(C)(=O)=O. The van der Waals surface area contributed by atoms with Crippen LogP contribution >= 0.6 is 15.9 Å². The smallest absolute Gasteiger partial charge is 0.244 e. The summed E-state index contributed by atoms with van der Waals surface area (Å²) in [6, 6.07) is 12.1. The number of aryl methyl sites for hydroxylation is 2. The third kappa shape index (κ3) is 7.56. The summed E-state index contributed by atoms with van der Waals surface area (Å²) in [5, 5.41) is 2.92. The molecule has 2 aromatic rings. The molecule has 9 heteroatoms. The maximum Gasteiger partial charge on any atom is 0.244 e. The Bertz CT molecular complexity index is 1140. The Labute approximate surface area is 211 Å². The van der Waals surface area contributed by atoms with Crippen molar-refractivity contribution in [2.75, 3.05) is 17.1 Å². The topological polar surface area (TPSA) is 86.8 Å². The van der Waals surface area contributed by atoms with E-state index in [-0.39, 0.29) is 18.5 Å². The number of hydrogen-bond donors (Lipinski definition) is 1. The van der Waals surface area contributed by atoms with E-state index in [1.807, 2.05) is 57.2 Å². The van der Waals surface area contributed by atoms with E-state index >= 15 is 0 Å². The number of sulfonamides is 1. The van der Waals surface area contributed by atoms with Gasteiger partial charge in [-0.1, -0.05) is 47.1 Å². The number of amides is 2. The number of rotatable bonds is 10. The number of nitrogens with one attached hydrogen (secondary N) is 1. The van der Waals surface area contributed by atoms with Crippen molar-refractivity contribution in [3.05, 3.63) is 63.6 Å². The maximum atomic E-state index is 13.6. The van der Waals surface area contributed by atoms with Crippen molar-refractivity contribution >= 4 is 43.5 Å². The fourth-order valence-electron chi connectivity index (χ4n) is 3.46. The minimum Gasteiger partial charge on any atom is -0.352 e. The normalized spacial score (nSPS) is 13.1. The van der Waals surface area contributed by atoms with Crippen molar-refractivity contribution in [3.63, 3.8) is 0 Å². The van der Waals surface area contributed by atoms with Gasteiger partial charge < -0.3 is 10.2 Å². The molecular formula is C25H34BrN3O4S. The van der Waals surface area contributed by atoms with Gasteiger partial charge >= 0.3 is 0 Å². The molecule has 0 saturated heterocycles. The number of carbonyl (C=O) groups is 2. The largest absolute Gasteiger partial charge is 0.352 e. The molecule has 0 spiro atoms. The van der Waals surface area contributed by atoms with Crippen LogP contribution in [0.5, 0.6) is 0 Å². The Kier molecular flexibility index (Phi) is 9.70. The van der Waals surface area contributed by atoms with Gasteiger partial charge in [-0.2, -0.15) is 0 Å². The van der Waals surface area contributed by atoms with Crippen molar-refractivity contribution in [3.8, 4) is 0 Å². The lowest BCUT2D eigenvalue weighted by Gasteiger charge is -2.32. The van der Waals surface area contributed by atoms with Crippen LogP contribution in [0.25, 0.3) is 0 Å². The van der Waals surface area contributed by atoms with Gasteiger partial charge in [0.25, 0.3) is 0 Å². The van der Waals surface area contributed by atoms with Crippen LogP contribution in [0.15, 0.2) is 46.9 Å². The molecule has 0 heterocycles. The van der Waals surface area contributed by atoms with E-state index in [9.17, 15) is 18.0 Å². The maximum absolute atomic E-state index is 13.6. The zero-order valence-corrected chi connectivity index (χ0v) is 23.0. The minimum absolute atomic E-state index is 0.0415. The van der Waals surface area contributed by atoms with Crippen LogP contribution in [0.3, 0.4) is 0 Å². The standard InChI is InChI=1S/C25H34BrN3O4S/c1-7-19(4)27-25(31)20(5)28(15-21-9-8-10-22(26)14-21)24(30)16-29(34(6,32)33)23-13-17(2)11-12-18(23)3/h8-14,19-20H,7,15-16H2,1-6H3,(H,27,31)/t19-,20-/m1/s1. The molecule has 0 bridgehead atoms. The first kappa shape index (κ1) is 27.9. The van der Waals surface area contributed by atoms with Gasteiger partial charge in [-0.3, -0.25) is 13.9 Å². The first-order valence-corrected chi connectivity index (χ1v) is 13.9. The summed E-state index contributed by atoms with van der Waals surface area (Å²) in [7, 11) is -3.76. The van der Waals surface area contributed by atoms with E-state index in [4.69, 9.17) is 0 Å². The van der Waals surface area contributed by atoms with E-state index in [2.05, 4.69) is 21.2 Å². The number of nitrogens with zero attached hydrogens (tertiary/aromatic N) is 2. The third-order valence-electron chi connectivity index (χ3n) is 5.72. The molecule has 1 N–H and O–H groups in total. The molecule has 7 nitrogen and oxygen atoms in total. The van der Waals surface area contributed by atoms with E-state index in [0.717, 1.165) is 38.1 Å². The zero-order valence-electron chi connectivity index (χ0n) is 20.6. The van der Waals surface area contributed by atoms with Crippen LogP contribution in [0.1, 0.15) is 43.9 Å². The van der Waals surface area contributed by atoms with Crippen molar-refractivity contribution < 1.29 is 18.0 Å². The summed E-state index contributed by atoms with van der Waals surface area (Å²) >= 11 is 3.44. The summed E-state index contributed by atoms with van der Waals surface area (Å²) in [6.45, 7) is 8.96. The molecule has 34 heavy (non-hydrogen) atoms.